The van der Waals surface area contributed by atoms with Gasteiger partial charge < -0.3 is 9.47 Å². The maximum atomic E-state index is 11.5. The first-order valence-corrected chi connectivity index (χ1v) is 5.25. The molecule has 4 heteroatoms. The van der Waals surface area contributed by atoms with Crippen molar-refractivity contribution < 1.29 is 14.3 Å². The van der Waals surface area contributed by atoms with Gasteiger partial charge in [-0.25, -0.2) is 4.79 Å². The number of hydrogen-bond acceptors (Lipinski definition) is 4. The molecule has 0 saturated heterocycles. The number of para-hydroxylation sites is 1. The Hall–Kier alpha value is -2.54. The monoisotopic (exact) mass is 243 g/mol. The third-order valence-electron chi connectivity index (χ3n) is 2.11. The van der Waals surface area contributed by atoms with Crippen LogP contribution in [0.5, 0.6) is 5.75 Å². The fourth-order valence-corrected chi connectivity index (χ4v) is 1.29. The van der Waals surface area contributed by atoms with Crippen molar-refractivity contribution in [3.8, 4) is 11.8 Å². The van der Waals surface area contributed by atoms with Gasteiger partial charge in [0.25, 0.3) is 0 Å². The van der Waals surface area contributed by atoms with Crippen LogP contribution in [0.1, 0.15) is 5.56 Å². The Morgan fingerprint density at radius 3 is 2.83 bits per heavy atom. The quantitative estimate of drug-likeness (QED) is 0.344. The molecule has 0 radical (unpaired) electrons. The average molecular weight is 243 g/mol. The van der Waals surface area contributed by atoms with E-state index < -0.39 is 5.97 Å². The number of nitrogens with zero attached hydrogens (tertiary/aromatic N) is 1. The SMILES string of the molecule is C=CCOC(=O)/C(C#N)=C\c1ccccc1OC. The summed E-state index contributed by atoms with van der Waals surface area (Å²) in [7, 11) is 1.52. The molecule has 0 atom stereocenters. The van der Waals surface area contributed by atoms with Gasteiger partial charge in [-0.15, -0.1) is 0 Å². The van der Waals surface area contributed by atoms with E-state index in [1.54, 1.807) is 24.3 Å². The highest BCUT2D eigenvalue weighted by Gasteiger charge is 2.11. The summed E-state index contributed by atoms with van der Waals surface area (Å²) >= 11 is 0. The molecule has 0 aliphatic rings. The van der Waals surface area contributed by atoms with E-state index in [0.29, 0.717) is 11.3 Å². The number of methoxy groups -OCH3 is 1. The molecule has 1 aromatic carbocycles. The molecular formula is C14H13NO3. The number of esters is 1. The molecule has 0 saturated carbocycles. The number of benzene rings is 1. The minimum absolute atomic E-state index is 0.0732. The normalized spacial score (nSPS) is 10.3. The molecule has 0 bridgehead atoms. The molecule has 0 amide bonds. The Labute approximate surface area is 106 Å². The molecule has 0 N–H and O–H groups in total. The maximum absolute atomic E-state index is 11.5. The van der Waals surface area contributed by atoms with E-state index in [4.69, 9.17) is 14.7 Å². The van der Waals surface area contributed by atoms with Crippen LogP contribution in [0.3, 0.4) is 0 Å². The van der Waals surface area contributed by atoms with E-state index in [0.717, 1.165) is 0 Å². The fourth-order valence-electron chi connectivity index (χ4n) is 1.29. The first-order chi connectivity index (χ1) is 8.72. The zero-order valence-electron chi connectivity index (χ0n) is 10.1. The standard InChI is InChI=1S/C14H13NO3/c1-3-8-18-14(16)12(10-15)9-11-6-4-5-7-13(11)17-2/h3-7,9H,1,8H2,2H3/b12-9-. The molecule has 0 spiro atoms. The molecule has 18 heavy (non-hydrogen) atoms. The Morgan fingerprint density at radius 2 is 2.22 bits per heavy atom. The second-order valence-corrected chi connectivity index (χ2v) is 3.30. The predicted octanol–water partition coefficient (Wildman–Crippen LogP) is 2.33. The number of ether oxygens (including phenoxy) is 2. The van der Waals surface area contributed by atoms with Gasteiger partial charge in [0.15, 0.2) is 0 Å². The van der Waals surface area contributed by atoms with Gasteiger partial charge in [-0.3, -0.25) is 0 Å². The molecular weight excluding hydrogens is 230 g/mol. The summed E-state index contributed by atoms with van der Waals surface area (Å²) in [5.41, 5.74) is 0.563. The molecule has 4 nitrogen and oxygen atoms in total. The Balaban J connectivity index is 3.01. The summed E-state index contributed by atoms with van der Waals surface area (Å²) < 4.78 is 9.93. The summed E-state index contributed by atoms with van der Waals surface area (Å²) in [6.45, 7) is 3.50. The zero-order valence-corrected chi connectivity index (χ0v) is 10.1. The second-order valence-electron chi connectivity index (χ2n) is 3.30. The van der Waals surface area contributed by atoms with E-state index in [-0.39, 0.29) is 12.2 Å². The zero-order chi connectivity index (χ0) is 13.4. The van der Waals surface area contributed by atoms with Gasteiger partial charge in [0.05, 0.1) is 7.11 Å². The van der Waals surface area contributed by atoms with Gasteiger partial charge in [-0.05, 0) is 12.1 Å². The lowest BCUT2D eigenvalue weighted by Gasteiger charge is -2.04. The molecule has 0 heterocycles. The predicted molar refractivity (Wildman–Crippen MR) is 67.7 cm³/mol. The van der Waals surface area contributed by atoms with Crippen molar-refractivity contribution in [2.24, 2.45) is 0 Å². The van der Waals surface area contributed by atoms with E-state index in [9.17, 15) is 4.79 Å². The van der Waals surface area contributed by atoms with Crippen LogP contribution in [0.2, 0.25) is 0 Å². The number of rotatable bonds is 5. The molecule has 0 fully saturated rings. The number of carbonyl (C=O) groups excluding carboxylic acids is 1. The van der Waals surface area contributed by atoms with Crippen molar-refractivity contribution in [3.63, 3.8) is 0 Å². The highest BCUT2D eigenvalue weighted by molar-refractivity contribution is 5.98. The third kappa shape index (κ3) is 3.49. The first kappa shape index (κ1) is 13.5. The molecule has 1 aromatic rings. The molecule has 0 unspecified atom stereocenters. The van der Waals surface area contributed by atoms with Crippen molar-refractivity contribution in [2.45, 2.75) is 0 Å². The van der Waals surface area contributed by atoms with Crippen LogP contribution in [0.15, 0.2) is 42.5 Å². The molecule has 0 aromatic heterocycles. The summed E-state index contributed by atoms with van der Waals surface area (Å²) in [6, 6.07) is 8.89. The second kappa shape index (κ2) is 6.92. The van der Waals surface area contributed by atoms with Gasteiger partial charge in [0.2, 0.25) is 0 Å². The largest absolute Gasteiger partial charge is 0.496 e. The van der Waals surface area contributed by atoms with Gasteiger partial charge in [0.1, 0.15) is 24.0 Å². The van der Waals surface area contributed by atoms with Gasteiger partial charge in [0, 0.05) is 5.56 Å². The lowest BCUT2D eigenvalue weighted by molar-refractivity contribution is -0.137. The minimum Gasteiger partial charge on any atom is -0.496 e. The summed E-state index contributed by atoms with van der Waals surface area (Å²) in [6.07, 6.45) is 2.88. The number of carbonyl (C=O) groups is 1. The molecule has 92 valence electrons. The van der Waals surface area contributed by atoms with Gasteiger partial charge in [-0.2, -0.15) is 5.26 Å². The van der Waals surface area contributed by atoms with Crippen LogP contribution in [-0.4, -0.2) is 19.7 Å². The molecule has 0 aliphatic heterocycles. The summed E-state index contributed by atoms with van der Waals surface area (Å²) in [5, 5.41) is 8.93. The fraction of sp³-hybridized carbons (Fsp3) is 0.143. The van der Waals surface area contributed by atoms with E-state index in [1.165, 1.54) is 19.3 Å². The Kier molecular flexibility index (Phi) is 5.20. The van der Waals surface area contributed by atoms with Crippen LogP contribution in [0, 0.1) is 11.3 Å². The van der Waals surface area contributed by atoms with Crippen molar-refractivity contribution >= 4 is 12.0 Å². The van der Waals surface area contributed by atoms with E-state index in [2.05, 4.69) is 6.58 Å². The van der Waals surface area contributed by atoms with Gasteiger partial charge in [-0.1, -0.05) is 30.9 Å². The number of nitriles is 1. The number of hydrogen-bond donors (Lipinski definition) is 0. The van der Waals surface area contributed by atoms with Crippen molar-refractivity contribution in [1.29, 1.82) is 5.26 Å². The molecule has 1 rings (SSSR count). The van der Waals surface area contributed by atoms with Crippen LogP contribution in [-0.2, 0) is 9.53 Å². The van der Waals surface area contributed by atoms with Crippen LogP contribution < -0.4 is 4.74 Å². The van der Waals surface area contributed by atoms with Crippen molar-refractivity contribution in [2.75, 3.05) is 13.7 Å². The van der Waals surface area contributed by atoms with E-state index >= 15 is 0 Å². The Morgan fingerprint density at radius 1 is 1.50 bits per heavy atom. The van der Waals surface area contributed by atoms with E-state index in [1.807, 2.05) is 6.07 Å². The average Bonchev–Trinajstić information content (AvgIpc) is 2.42. The lowest BCUT2D eigenvalue weighted by atomic mass is 10.1. The first-order valence-electron chi connectivity index (χ1n) is 5.25. The smallest absolute Gasteiger partial charge is 0.349 e. The highest BCUT2D eigenvalue weighted by Crippen LogP contribution is 2.20. The third-order valence-corrected chi connectivity index (χ3v) is 2.11. The highest BCUT2D eigenvalue weighted by atomic mass is 16.5. The Bertz CT molecular complexity index is 512. The lowest BCUT2D eigenvalue weighted by Crippen LogP contribution is -2.06. The van der Waals surface area contributed by atoms with Crippen LogP contribution >= 0.6 is 0 Å². The summed E-state index contributed by atoms with van der Waals surface area (Å²) in [4.78, 5) is 11.5. The molecule has 0 aliphatic carbocycles. The van der Waals surface area contributed by atoms with Gasteiger partial charge >= 0.3 is 5.97 Å². The van der Waals surface area contributed by atoms with Crippen molar-refractivity contribution in [1.82, 2.24) is 0 Å². The van der Waals surface area contributed by atoms with Crippen LogP contribution in [0.4, 0.5) is 0 Å². The minimum atomic E-state index is -0.677. The summed E-state index contributed by atoms with van der Waals surface area (Å²) in [5.74, 6) is -0.0925. The van der Waals surface area contributed by atoms with Crippen LogP contribution in [0.25, 0.3) is 6.08 Å². The topological polar surface area (TPSA) is 59.3 Å². The van der Waals surface area contributed by atoms with Crippen molar-refractivity contribution in [3.05, 3.63) is 48.1 Å². The maximum Gasteiger partial charge on any atom is 0.349 e.